The van der Waals surface area contributed by atoms with Crippen LogP contribution < -0.4 is 0 Å². The van der Waals surface area contributed by atoms with E-state index in [0.29, 0.717) is 0 Å². The first-order valence-corrected chi connectivity index (χ1v) is 11.6. The number of thioether (sulfide) groups is 1. The fourth-order valence-electron chi connectivity index (χ4n) is 3.55. The Labute approximate surface area is 202 Å². The molecular formula is C24H27N3O6S. The van der Waals surface area contributed by atoms with Gasteiger partial charge in [-0.1, -0.05) is 64.9 Å². The van der Waals surface area contributed by atoms with Crippen LogP contribution in [0.1, 0.15) is 25.0 Å². The van der Waals surface area contributed by atoms with Crippen molar-refractivity contribution in [2.75, 3.05) is 6.61 Å². The van der Waals surface area contributed by atoms with Crippen LogP contribution in [0.5, 0.6) is 0 Å². The molecule has 0 aliphatic carbocycles. The van der Waals surface area contributed by atoms with E-state index in [1.165, 1.54) is 25.6 Å². The Kier molecular flexibility index (Phi) is 9.35. The fraction of sp³-hybridized carbons (Fsp3) is 0.417. The number of carbonyl (C=O) groups is 2. The van der Waals surface area contributed by atoms with Crippen molar-refractivity contribution in [2.24, 2.45) is 5.11 Å². The van der Waals surface area contributed by atoms with Gasteiger partial charge in [-0.3, -0.25) is 9.59 Å². The van der Waals surface area contributed by atoms with Gasteiger partial charge in [-0.05, 0) is 30.2 Å². The minimum Gasteiger partial charge on any atom is -0.463 e. The fourth-order valence-corrected chi connectivity index (χ4v) is 4.66. The van der Waals surface area contributed by atoms with Crippen molar-refractivity contribution in [1.82, 2.24) is 0 Å². The van der Waals surface area contributed by atoms with E-state index in [1.807, 2.05) is 61.5 Å². The molecule has 0 bridgehead atoms. The van der Waals surface area contributed by atoms with E-state index in [1.54, 1.807) is 0 Å². The predicted molar refractivity (Wildman–Crippen MR) is 126 cm³/mol. The highest BCUT2D eigenvalue weighted by Gasteiger charge is 2.49. The molecule has 1 aliphatic heterocycles. The average Bonchev–Trinajstić information content (AvgIpc) is 2.81. The van der Waals surface area contributed by atoms with Gasteiger partial charge in [0.05, 0.1) is 6.61 Å². The number of aryl methyl sites for hydroxylation is 1. The van der Waals surface area contributed by atoms with Crippen molar-refractivity contribution in [3.05, 3.63) is 76.2 Å². The summed E-state index contributed by atoms with van der Waals surface area (Å²) in [5.74, 6) is -1.05. The van der Waals surface area contributed by atoms with Gasteiger partial charge < -0.3 is 18.9 Å². The van der Waals surface area contributed by atoms with Crippen LogP contribution in [0.4, 0.5) is 0 Å². The zero-order valence-electron chi connectivity index (χ0n) is 19.2. The predicted octanol–water partition coefficient (Wildman–Crippen LogP) is 4.57. The Morgan fingerprint density at radius 1 is 1.06 bits per heavy atom. The summed E-state index contributed by atoms with van der Waals surface area (Å²) in [5.41, 5.74) is 10.6. The van der Waals surface area contributed by atoms with Gasteiger partial charge in [0.1, 0.15) is 30.3 Å². The number of nitrogens with zero attached hydrogens (tertiary/aromatic N) is 3. The Bertz CT molecular complexity index is 1010. The minimum absolute atomic E-state index is 0.146. The molecule has 1 heterocycles. The van der Waals surface area contributed by atoms with Gasteiger partial charge in [-0.15, -0.1) is 0 Å². The number of benzene rings is 2. The Balaban J connectivity index is 1.94. The smallest absolute Gasteiger partial charge is 0.303 e. The van der Waals surface area contributed by atoms with Gasteiger partial charge in [-0.2, -0.15) is 0 Å². The maximum absolute atomic E-state index is 11.9. The average molecular weight is 486 g/mol. The Morgan fingerprint density at radius 2 is 1.76 bits per heavy atom. The van der Waals surface area contributed by atoms with Crippen molar-refractivity contribution < 1.29 is 28.5 Å². The number of azide groups is 1. The summed E-state index contributed by atoms with van der Waals surface area (Å²) in [5, 5.41) is 3.97. The third-order valence-corrected chi connectivity index (χ3v) is 6.28. The van der Waals surface area contributed by atoms with Crippen LogP contribution in [0.15, 0.2) is 64.6 Å². The third-order valence-electron chi connectivity index (χ3n) is 5.11. The minimum atomic E-state index is -0.953. The van der Waals surface area contributed by atoms with E-state index < -0.39 is 41.7 Å². The maximum Gasteiger partial charge on any atom is 0.303 e. The van der Waals surface area contributed by atoms with Crippen molar-refractivity contribution in [2.45, 2.75) is 62.1 Å². The van der Waals surface area contributed by atoms with Crippen molar-refractivity contribution in [3.8, 4) is 0 Å². The van der Waals surface area contributed by atoms with Crippen molar-refractivity contribution in [3.63, 3.8) is 0 Å². The van der Waals surface area contributed by atoms with Gasteiger partial charge in [-0.25, -0.2) is 0 Å². The summed E-state index contributed by atoms with van der Waals surface area (Å²) in [4.78, 5) is 27.3. The summed E-state index contributed by atoms with van der Waals surface area (Å²) in [7, 11) is 0. The lowest BCUT2D eigenvalue weighted by Gasteiger charge is -2.44. The number of ether oxygens (including phenoxy) is 4. The molecule has 34 heavy (non-hydrogen) atoms. The summed E-state index contributed by atoms with van der Waals surface area (Å²) in [6.07, 6.45) is -2.61. The second kappa shape index (κ2) is 12.4. The molecule has 3 rings (SSSR count). The topological polar surface area (TPSA) is 120 Å². The molecule has 1 unspecified atom stereocenters. The lowest BCUT2D eigenvalue weighted by Crippen LogP contribution is -2.59. The van der Waals surface area contributed by atoms with E-state index in [0.717, 1.165) is 16.0 Å². The molecule has 2 aromatic carbocycles. The molecule has 0 spiro atoms. The molecule has 0 aromatic heterocycles. The summed E-state index contributed by atoms with van der Waals surface area (Å²) < 4.78 is 23.1. The van der Waals surface area contributed by atoms with Crippen LogP contribution in [0.25, 0.3) is 10.4 Å². The van der Waals surface area contributed by atoms with E-state index in [2.05, 4.69) is 10.0 Å². The highest BCUT2D eigenvalue weighted by Crippen LogP contribution is 2.38. The number of hydrogen-bond donors (Lipinski definition) is 0. The molecule has 5 atom stereocenters. The normalized spacial score (nSPS) is 24.0. The van der Waals surface area contributed by atoms with Crippen LogP contribution in [0.2, 0.25) is 0 Å². The molecule has 2 aromatic rings. The van der Waals surface area contributed by atoms with Crippen molar-refractivity contribution >= 4 is 23.7 Å². The van der Waals surface area contributed by atoms with Crippen LogP contribution in [0, 0.1) is 6.92 Å². The van der Waals surface area contributed by atoms with Gasteiger partial charge in [0.2, 0.25) is 0 Å². The van der Waals surface area contributed by atoms with Crippen LogP contribution in [0.3, 0.4) is 0 Å². The molecule has 9 nitrogen and oxygen atoms in total. The molecule has 0 N–H and O–H groups in total. The molecule has 0 amide bonds. The number of carbonyl (C=O) groups excluding carboxylic acids is 2. The summed E-state index contributed by atoms with van der Waals surface area (Å²) in [6, 6.07) is 16.5. The molecule has 1 fully saturated rings. The zero-order valence-corrected chi connectivity index (χ0v) is 20.0. The largest absolute Gasteiger partial charge is 0.463 e. The van der Waals surface area contributed by atoms with Gasteiger partial charge in [0.25, 0.3) is 0 Å². The summed E-state index contributed by atoms with van der Waals surface area (Å²) in [6.45, 7) is 4.59. The molecule has 10 heteroatoms. The second-order valence-electron chi connectivity index (χ2n) is 7.81. The van der Waals surface area contributed by atoms with Gasteiger partial charge in [0, 0.05) is 23.7 Å². The molecule has 0 radical (unpaired) electrons. The van der Waals surface area contributed by atoms with E-state index in [9.17, 15) is 15.1 Å². The molecule has 180 valence electrons. The Morgan fingerprint density at radius 3 is 2.38 bits per heavy atom. The van der Waals surface area contributed by atoms with E-state index in [4.69, 9.17) is 18.9 Å². The molecule has 0 saturated carbocycles. The van der Waals surface area contributed by atoms with Gasteiger partial charge in [0.15, 0.2) is 6.10 Å². The second-order valence-corrected chi connectivity index (χ2v) is 8.98. The summed E-state index contributed by atoms with van der Waals surface area (Å²) >= 11 is 1.36. The van der Waals surface area contributed by atoms with Crippen LogP contribution in [-0.2, 0) is 35.1 Å². The lowest BCUT2D eigenvalue weighted by molar-refractivity contribution is -0.209. The first-order chi connectivity index (χ1) is 16.4. The first-order valence-electron chi connectivity index (χ1n) is 10.8. The van der Waals surface area contributed by atoms with E-state index in [-0.39, 0.29) is 13.2 Å². The van der Waals surface area contributed by atoms with Crippen molar-refractivity contribution in [1.29, 1.82) is 0 Å². The quantitative estimate of drug-likeness (QED) is 0.221. The van der Waals surface area contributed by atoms with Crippen LogP contribution >= 0.6 is 11.8 Å². The standard InChI is InChI=1S/C24H27N3O6S/c1-15-9-11-19(12-10-15)34-24-21(26-27-25)23(31-13-18-7-5-4-6-8-18)22(32-17(3)29)20(33-24)14-30-16(2)28/h4-12,20-24H,13-14H2,1-3H3/t20-,21-,22-,23-,24?/m1/s1. The monoisotopic (exact) mass is 485 g/mol. The number of rotatable bonds is 9. The molecule has 1 aliphatic rings. The third kappa shape index (κ3) is 7.23. The highest BCUT2D eigenvalue weighted by molar-refractivity contribution is 7.99. The van der Waals surface area contributed by atoms with E-state index >= 15 is 0 Å². The molecule has 1 saturated heterocycles. The Hall–Kier alpha value is -3.04. The lowest BCUT2D eigenvalue weighted by atomic mass is 9.98. The first kappa shape index (κ1) is 25.6. The SMILES string of the molecule is CC(=O)OC[C@H]1OC(Sc2ccc(C)cc2)[C@H](N=[N+]=[N-])[C@@H](OCc2ccccc2)[C@@H]1OC(C)=O. The maximum atomic E-state index is 11.9. The molecular weight excluding hydrogens is 458 g/mol. The van der Waals surface area contributed by atoms with Gasteiger partial charge >= 0.3 is 11.9 Å². The van der Waals surface area contributed by atoms with Crippen LogP contribution in [-0.4, -0.2) is 48.3 Å². The number of esters is 2. The zero-order chi connectivity index (χ0) is 24.5. The number of hydrogen-bond acceptors (Lipinski definition) is 8. The highest BCUT2D eigenvalue weighted by atomic mass is 32.2.